The Balaban J connectivity index is 2.80. The van der Waals surface area contributed by atoms with Crippen LogP contribution in [-0.2, 0) is 16.4 Å². The predicted octanol–water partition coefficient (Wildman–Crippen LogP) is 0.271. The van der Waals surface area contributed by atoms with Gasteiger partial charge in [0.1, 0.15) is 0 Å². The Bertz CT molecular complexity index is 479. The zero-order valence-corrected chi connectivity index (χ0v) is 11.4. The van der Waals surface area contributed by atoms with Gasteiger partial charge in [-0.25, -0.2) is 13.1 Å². The van der Waals surface area contributed by atoms with Crippen LogP contribution in [0.3, 0.4) is 0 Å². The van der Waals surface area contributed by atoms with E-state index in [2.05, 4.69) is 4.72 Å². The number of aliphatic hydroxyl groups excluding tert-OH is 1. The summed E-state index contributed by atoms with van der Waals surface area (Å²) in [4.78, 5) is 0.147. The second-order valence-corrected chi connectivity index (χ2v) is 6.24. The molecule has 0 saturated carbocycles. The molecule has 6 heteroatoms. The molecule has 0 radical (unpaired) electrons. The highest BCUT2D eigenvalue weighted by Gasteiger charge is 2.23. The fraction of sp³-hybridized carbons (Fsp3) is 0.500. The summed E-state index contributed by atoms with van der Waals surface area (Å²) >= 11 is 0. The van der Waals surface area contributed by atoms with E-state index in [0.29, 0.717) is 0 Å². The number of hydrogen-bond donors (Lipinski definition) is 3. The van der Waals surface area contributed by atoms with E-state index in [1.54, 1.807) is 12.1 Å². The molecule has 1 unspecified atom stereocenters. The maximum Gasteiger partial charge on any atom is 0.240 e. The smallest absolute Gasteiger partial charge is 0.240 e. The lowest BCUT2D eigenvalue weighted by Gasteiger charge is -2.20. The van der Waals surface area contributed by atoms with Crippen molar-refractivity contribution in [3.05, 3.63) is 29.8 Å². The Morgan fingerprint density at radius 1 is 1.28 bits per heavy atom. The molecule has 1 rings (SSSR count). The number of benzene rings is 1. The van der Waals surface area contributed by atoms with Crippen LogP contribution in [0.1, 0.15) is 19.4 Å². The zero-order valence-electron chi connectivity index (χ0n) is 10.5. The topological polar surface area (TPSA) is 86.6 Å². The van der Waals surface area contributed by atoms with E-state index in [9.17, 15) is 13.5 Å². The largest absolute Gasteiger partial charge is 0.393 e. The van der Waals surface area contributed by atoms with E-state index in [-0.39, 0.29) is 11.4 Å². The molecule has 1 atom stereocenters. The fourth-order valence-electron chi connectivity index (χ4n) is 1.29. The zero-order chi connectivity index (χ0) is 13.8. The van der Waals surface area contributed by atoms with Crippen LogP contribution in [0.4, 0.5) is 0 Å². The van der Waals surface area contributed by atoms with Crippen molar-refractivity contribution in [2.24, 2.45) is 0 Å². The molecule has 3 N–H and O–H groups in total. The highest BCUT2D eigenvalue weighted by molar-refractivity contribution is 7.89. The van der Waals surface area contributed by atoms with E-state index in [4.69, 9.17) is 5.11 Å². The third-order valence-corrected chi connectivity index (χ3v) is 4.04. The molecule has 0 aliphatic heterocycles. The number of nitrogens with one attached hydrogen (secondary N) is 1. The van der Waals surface area contributed by atoms with Crippen LogP contribution in [0.15, 0.2) is 29.2 Å². The molecule has 5 nitrogen and oxygen atoms in total. The van der Waals surface area contributed by atoms with Crippen LogP contribution in [0, 0.1) is 0 Å². The van der Waals surface area contributed by atoms with E-state index in [1.165, 1.54) is 19.1 Å². The average molecular weight is 273 g/mol. The highest BCUT2D eigenvalue weighted by Crippen LogP contribution is 2.11. The molecule has 0 bridgehead atoms. The number of aryl methyl sites for hydroxylation is 1. The lowest BCUT2D eigenvalue weighted by Crippen LogP contribution is -2.43. The summed E-state index contributed by atoms with van der Waals surface area (Å²) in [6.07, 6.45) is 0.840. The number of aliphatic hydroxyl groups is 2. The maximum atomic E-state index is 11.9. The lowest BCUT2D eigenvalue weighted by atomic mass is 10.1. The summed E-state index contributed by atoms with van der Waals surface area (Å²) < 4.78 is 26.0. The van der Waals surface area contributed by atoms with Gasteiger partial charge in [-0.2, -0.15) is 0 Å². The molecule has 0 aliphatic carbocycles. The van der Waals surface area contributed by atoms with Crippen molar-refractivity contribution in [3.8, 4) is 0 Å². The van der Waals surface area contributed by atoms with Crippen LogP contribution < -0.4 is 4.72 Å². The molecule has 0 spiro atoms. The molecular weight excluding hydrogens is 254 g/mol. The first-order valence-corrected chi connectivity index (χ1v) is 7.21. The average Bonchev–Trinajstić information content (AvgIpc) is 2.37. The van der Waals surface area contributed by atoms with Gasteiger partial charge in [-0.1, -0.05) is 19.1 Å². The second-order valence-electron chi connectivity index (χ2n) is 4.48. The van der Waals surface area contributed by atoms with E-state index >= 15 is 0 Å². The van der Waals surface area contributed by atoms with E-state index < -0.39 is 22.2 Å². The third kappa shape index (κ3) is 4.06. The second kappa shape index (κ2) is 5.79. The van der Waals surface area contributed by atoms with Crippen LogP contribution in [-0.4, -0.2) is 37.4 Å². The van der Waals surface area contributed by atoms with Crippen LogP contribution >= 0.6 is 0 Å². The van der Waals surface area contributed by atoms with E-state index in [1.807, 2.05) is 6.92 Å². The van der Waals surface area contributed by atoms with Crippen LogP contribution in [0.2, 0.25) is 0 Å². The standard InChI is InChI=1S/C12H19NO4S/c1-3-10-4-6-11(7-5-10)18(16,17)13-8-12(2,15)9-14/h4-7,13-15H,3,8-9H2,1-2H3. The van der Waals surface area contributed by atoms with Gasteiger partial charge < -0.3 is 10.2 Å². The molecule has 1 aromatic rings. The SMILES string of the molecule is CCc1ccc(S(=O)(=O)NCC(C)(O)CO)cc1. The minimum Gasteiger partial charge on any atom is -0.393 e. The minimum absolute atomic E-state index is 0.147. The van der Waals surface area contributed by atoms with Gasteiger partial charge in [0.05, 0.1) is 17.1 Å². The molecule has 0 fully saturated rings. The maximum absolute atomic E-state index is 11.9. The summed E-state index contributed by atoms with van der Waals surface area (Å²) in [7, 11) is -3.65. The third-order valence-electron chi connectivity index (χ3n) is 2.63. The normalized spacial score (nSPS) is 15.3. The highest BCUT2D eigenvalue weighted by atomic mass is 32.2. The van der Waals surface area contributed by atoms with Gasteiger partial charge in [0, 0.05) is 6.54 Å². The molecule has 18 heavy (non-hydrogen) atoms. The van der Waals surface area contributed by atoms with Crippen molar-refractivity contribution in [1.82, 2.24) is 4.72 Å². The van der Waals surface area contributed by atoms with Gasteiger partial charge in [-0.15, -0.1) is 0 Å². The van der Waals surface area contributed by atoms with Crippen LogP contribution in [0.25, 0.3) is 0 Å². The van der Waals surface area contributed by atoms with Gasteiger partial charge in [0.2, 0.25) is 10.0 Å². The Morgan fingerprint density at radius 2 is 1.83 bits per heavy atom. The van der Waals surface area contributed by atoms with Crippen molar-refractivity contribution in [1.29, 1.82) is 0 Å². The molecule has 1 aromatic carbocycles. The van der Waals surface area contributed by atoms with Crippen molar-refractivity contribution >= 4 is 10.0 Å². The van der Waals surface area contributed by atoms with Crippen molar-refractivity contribution in [2.45, 2.75) is 30.8 Å². The summed E-state index contributed by atoms with van der Waals surface area (Å²) in [6.45, 7) is 2.60. The fourth-order valence-corrected chi connectivity index (χ4v) is 2.46. The molecule has 0 saturated heterocycles. The molecular formula is C12H19NO4S. The van der Waals surface area contributed by atoms with Gasteiger partial charge >= 0.3 is 0 Å². The van der Waals surface area contributed by atoms with Crippen LogP contribution in [0.5, 0.6) is 0 Å². The molecule has 102 valence electrons. The van der Waals surface area contributed by atoms with Crippen molar-refractivity contribution < 1.29 is 18.6 Å². The Labute approximate surface area is 108 Å². The summed E-state index contributed by atoms with van der Waals surface area (Å²) in [5.74, 6) is 0. The first kappa shape index (κ1) is 15.1. The van der Waals surface area contributed by atoms with Gasteiger partial charge in [0.15, 0.2) is 0 Å². The van der Waals surface area contributed by atoms with Gasteiger partial charge in [-0.05, 0) is 31.0 Å². The minimum atomic E-state index is -3.65. The number of rotatable bonds is 6. The Kier molecular flexibility index (Phi) is 4.86. The monoisotopic (exact) mass is 273 g/mol. The van der Waals surface area contributed by atoms with Crippen molar-refractivity contribution in [2.75, 3.05) is 13.2 Å². The number of hydrogen-bond acceptors (Lipinski definition) is 4. The lowest BCUT2D eigenvalue weighted by molar-refractivity contribution is 0.00681. The van der Waals surface area contributed by atoms with Crippen molar-refractivity contribution in [3.63, 3.8) is 0 Å². The summed E-state index contributed by atoms with van der Waals surface area (Å²) in [5.41, 5.74) is -0.410. The quantitative estimate of drug-likeness (QED) is 0.694. The number of sulfonamides is 1. The first-order valence-electron chi connectivity index (χ1n) is 5.72. The first-order chi connectivity index (χ1) is 8.30. The Morgan fingerprint density at radius 3 is 2.28 bits per heavy atom. The van der Waals surface area contributed by atoms with Gasteiger partial charge in [-0.3, -0.25) is 0 Å². The molecule has 0 aromatic heterocycles. The predicted molar refractivity (Wildman–Crippen MR) is 68.7 cm³/mol. The summed E-state index contributed by atoms with van der Waals surface area (Å²) in [6, 6.07) is 6.54. The van der Waals surface area contributed by atoms with E-state index in [0.717, 1.165) is 12.0 Å². The molecule has 0 heterocycles. The summed E-state index contributed by atoms with van der Waals surface area (Å²) in [5, 5.41) is 18.4. The molecule has 0 amide bonds. The van der Waals surface area contributed by atoms with Gasteiger partial charge in [0.25, 0.3) is 0 Å². The molecule has 0 aliphatic rings. The Hall–Kier alpha value is -0.950.